The molecule has 0 aliphatic heterocycles. The predicted molar refractivity (Wildman–Crippen MR) is 40.6 cm³/mol. The van der Waals surface area contributed by atoms with Gasteiger partial charge in [0.15, 0.2) is 5.69 Å². The van der Waals surface area contributed by atoms with Crippen LogP contribution in [0.25, 0.3) is 5.52 Å². The molecule has 0 unspecified atom stereocenters. The van der Waals surface area contributed by atoms with E-state index in [0.717, 1.165) is 5.52 Å². The molecular formula is C7H5N3O. The Balaban J connectivity index is 2.86. The average molecular weight is 147 g/mol. The second-order valence-corrected chi connectivity index (χ2v) is 2.15. The topological polar surface area (TPSA) is 46.7 Å². The lowest BCUT2D eigenvalue weighted by atomic mass is 10.4. The Labute approximate surface area is 62.4 Å². The maximum absolute atomic E-state index is 10.2. The molecular weight excluding hydrogens is 142 g/mol. The van der Waals surface area contributed by atoms with E-state index < -0.39 is 0 Å². The molecule has 4 nitrogen and oxygen atoms in total. The van der Waals surface area contributed by atoms with Crippen molar-refractivity contribution in [2.75, 3.05) is 0 Å². The van der Waals surface area contributed by atoms with Crippen molar-refractivity contribution < 1.29 is 0 Å². The standard InChI is InChI=1S/C7H5N3O/c11-9-6-5-8-10-4-2-1-3-7(6)10/h1-5H. The van der Waals surface area contributed by atoms with E-state index in [9.17, 15) is 4.91 Å². The minimum Gasteiger partial charge on any atom is -0.239 e. The zero-order valence-corrected chi connectivity index (χ0v) is 5.64. The molecule has 0 atom stereocenters. The molecule has 0 aliphatic carbocycles. The molecule has 11 heavy (non-hydrogen) atoms. The summed E-state index contributed by atoms with van der Waals surface area (Å²) in [6, 6.07) is 5.48. The zero-order chi connectivity index (χ0) is 7.68. The number of nitrogens with zero attached hydrogens (tertiary/aromatic N) is 3. The quantitative estimate of drug-likeness (QED) is 0.576. The normalized spacial score (nSPS) is 10.2. The van der Waals surface area contributed by atoms with Gasteiger partial charge in [-0.3, -0.25) is 0 Å². The minimum atomic E-state index is 0.380. The molecule has 2 rings (SSSR count). The number of fused-ring (bicyclic) bond motifs is 1. The second-order valence-electron chi connectivity index (χ2n) is 2.15. The van der Waals surface area contributed by atoms with Gasteiger partial charge in [0.2, 0.25) is 0 Å². The van der Waals surface area contributed by atoms with Gasteiger partial charge in [-0.15, -0.1) is 4.91 Å². The van der Waals surface area contributed by atoms with Crippen molar-refractivity contribution in [3.8, 4) is 0 Å². The summed E-state index contributed by atoms with van der Waals surface area (Å²) in [5.74, 6) is 0. The van der Waals surface area contributed by atoms with Crippen molar-refractivity contribution in [1.82, 2.24) is 9.61 Å². The molecule has 0 radical (unpaired) electrons. The van der Waals surface area contributed by atoms with Crippen molar-refractivity contribution in [3.63, 3.8) is 0 Å². The van der Waals surface area contributed by atoms with Crippen LogP contribution in [-0.4, -0.2) is 9.61 Å². The number of aromatic nitrogens is 2. The molecule has 0 aliphatic rings. The summed E-state index contributed by atoms with van der Waals surface area (Å²) in [6.45, 7) is 0. The number of nitroso groups, excluding NO2 is 1. The molecule has 2 heterocycles. The SMILES string of the molecule is O=Nc1cnn2ccccc12. The Hall–Kier alpha value is -1.71. The fourth-order valence-electron chi connectivity index (χ4n) is 0.991. The van der Waals surface area contributed by atoms with Crippen molar-refractivity contribution >= 4 is 11.2 Å². The van der Waals surface area contributed by atoms with Gasteiger partial charge in [-0.05, 0) is 17.3 Å². The van der Waals surface area contributed by atoms with Crippen molar-refractivity contribution in [2.45, 2.75) is 0 Å². The number of hydrogen-bond donors (Lipinski definition) is 0. The summed E-state index contributed by atoms with van der Waals surface area (Å²) < 4.78 is 1.61. The summed E-state index contributed by atoms with van der Waals surface area (Å²) in [4.78, 5) is 10.2. The van der Waals surface area contributed by atoms with Crippen LogP contribution in [-0.2, 0) is 0 Å². The molecule has 0 saturated heterocycles. The molecule has 0 saturated carbocycles. The van der Waals surface area contributed by atoms with Crippen LogP contribution in [0.2, 0.25) is 0 Å². The van der Waals surface area contributed by atoms with Gasteiger partial charge < -0.3 is 0 Å². The lowest BCUT2D eigenvalue weighted by Crippen LogP contribution is -1.81. The molecule has 0 bridgehead atoms. The highest BCUT2D eigenvalue weighted by molar-refractivity contribution is 5.67. The van der Waals surface area contributed by atoms with E-state index in [1.807, 2.05) is 12.1 Å². The summed E-state index contributed by atoms with van der Waals surface area (Å²) >= 11 is 0. The smallest absolute Gasteiger partial charge is 0.153 e. The first-order valence-electron chi connectivity index (χ1n) is 3.17. The van der Waals surface area contributed by atoms with Gasteiger partial charge in [0, 0.05) is 6.20 Å². The minimum absolute atomic E-state index is 0.380. The Morgan fingerprint density at radius 2 is 2.36 bits per heavy atom. The van der Waals surface area contributed by atoms with Crippen LogP contribution < -0.4 is 0 Å². The Morgan fingerprint density at radius 1 is 1.45 bits per heavy atom. The Bertz CT molecular complexity index is 393. The van der Waals surface area contributed by atoms with Crippen LogP contribution in [0, 0.1) is 4.91 Å². The van der Waals surface area contributed by atoms with Gasteiger partial charge in [-0.1, -0.05) is 6.07 Å². The first-order chi connectivity index (χ1) is 5.42. The third kappa shape index (κ3) is 0.797. The maximum atomic E-state index is 10.2. The lowest BCUT2D eigenvalue weighted by molar-refractivity contribution is 0.961. The van der Waals surface area contributed by atoms with Gasteiger partial charge >= 0.3 is 0 Å². The van der Waals surface area contributed by atoms with Crippen LogP contribution in [0.5, 0.6) is 0 Å². The molecule has 2 aromatic heterocycles. The molecule has 0 fully saturated rings. The van der Waals surface area contributed by atoms with Gasteiger partial charge in [0.25, 0.3) is 0 Å². The number of pyridine rings is 1. The summed E-state index contributed by atoms with van der Waals surface area (Å²) in [5.41, 5.74) is 1.12. The van der Waals surface area contributed by atoms with E-state index >= 15 is 0 Å². The molecule has 2 aromatic rings. The second kappa shape index (κ2) is 2.16. The maximum Gasteiger partial charge on any atom is 0.153 e. The van der Waals surface area contributed by atoms with E-state index in [1.165, 1.54) is 6.20 Å². The number of rotatable bonds is 1. The van der Waals surface area contributed by atoms with Crippen molar-refractivity contribution in [1.29, 1.82) is 0 Å². The molecule has 0 amide bonds. The van der Waals surface area contributed by atoms with Crippen LogP contribution in [0.15, 0.2) is 35.8 Å². The Kier molecular flexibility index (Phi) is 1.18. The summed E-state index contributed by atoms with van der Waals surface area (Å²) in [7, 11) is 0. The van der Waals surface area contributed by atoms with Crippen molar-refractivity contribution in [3.05, 3.63) is 35.5 Å². The van der Waals surface area contributed by atoms with Gasteiger partial charge in [0.05, 0.1) is 11.7 Å². The first kappa shape index (κ1) is 6.03. The lowest BCUT2D eigenvalue weighted by Gasteiger charge is -1.88. The summed E-state index contributed by atoms with van der Waals surface area (Å²) in [6.07, 6.45) is 3.21. The van der Waals surface area contributed by atoms with E-state index in [1.54, 1.807) is 16.8 Å². The fourth-order valence-corrected chi connectivity index (χ4v) is 0.991. The largest absolute Gasteiger partial charge is 0.239 e. The highest BCUT2D eigenvalue weighted by Crippen LogP contribution is 2.17. The number of hydrogen-bond acceptors (Lipinski definition) is 3. The zero-order valence-electron chi connectivity index (χ0n) is 5.64. The molecule has 54 valence electrons. The summed E-state index contributed by atoms with van der Waals surface area (Å²) in [5, 5.41) is 6.74. The molecule has 0 spiro atoms. The van der Waals surface area contributed by atoms with E-state index in [-0.39, 0.29) is 0 Å². The van der Waals surface area contributed by atoms with Gasteiger partial charge in [-0.2, -0.15) is 5.10 Å². The average Bonchev–Trinajstić information content (AvgIpc) is 2.47. The van der Waals surface area contributed by atoms with Crippen LogP contribution >= 0.6 is 0 Å². The monoisotopic (exact) mass is 147 g/mol. The van der Waals surface area contributed by atoms with E-state index in [0.29, 0.717) is 5.69 Å². The highest BCUT2D eigenvalue weighted by Gasteiger charge is 2.00. The van der Waals surface area contributed by atoms with Crippen LogP contribution in [0.3, 0.4) is 0 Å². The molecule has 4 heteroatoms. The van der Waals surface area contributed by atoms with Gasteiger partial charge in [0.1, 0.15) is 0 Å². The predicted octanol–water partition coefficient (Wildman–Crippen LogP) is 1.73. The van der Waals surface area contributed by atoms with Gasteiger partial charge in [-0.25, -0.2) is 4.52 Å². The van der Waals surface area contributed by atoms with Crippen LogP contribution in [0.1, 0.15) is 0 Å². The fraction of sp³-hybridized carbons (Fsp3) is 0. The van der Waals surface area contributed by atoms with Crippen LogP contribution in [0.4, 0.5) is 5.69 Å². The highest BCUT2D eigenvalue weighted by atomic mass is 16.3. The van der Waals surface area contributed by atoms with E-state index in [4.69, 9.17) is 0 Å². The third-order valence-corrected chi connectivity index (χ3v) is 1.50. The Morgan fingerprint density at radius 3 is 3.18 bits per heavy atom. The van der Waals surface area contributed by atoms with E-state index in [2.05, 4.69) is 10.3 Å². The first-order valence-corrected chi connectivity index (χ1v) is 3.17. The molecule has 0 N–H and O–H groups in total. The van der Waals surface area contributed by atoms with Crippen molar-refractivity contribution in [2.24, 2.45) is 5.18 Å². The molecule has 0 aromatic carbocycles. The third-order valence-electron chi connectivity index (χ3n) is 1.50.